The fraction of sp³-hybridized carbons (Fsp3) is 0.647. The van der Waals surface area contributed by atoms with E-state index in [1.807, 2.05) is 0 Å². The van der Waals surface area contributed by atoms with Crippen LogP contribution in [0.15, 0.2) is 24.3 Å². The third-order valence-corrected chi connectivity index (χ3v) is 4.27. The van der Waals surface area contributed by atoms with Gasteiger partial charge in [0.15, 0.2) is 0 Å². The zero-order valence-electron chi connectivity index (χ0n) is 12.6. The van der Waals surface area contributed by atoms with Crippen molar-refractivity contribution in [1.29, 1.82) is 0 Å². The summed E-state index contributed by atoms with van der Waals surface area (Å²) in [4.78, 5) is 2.57. The van der Waals surface area contributed by atoms with Crippen molar-refractivity contribution in [3.63, 3.8) is 0 Å². The van der Waals surface area contributed by atoms with Gasteiger partial charge in [-0.2, -0.15) is 0 Å². The Morgan fingerprint density at radius 2 is 2.20 bits per heavy atom. The van der Waals surface area contributed by atoms with Crippen molar-refractivity contribution in [2.24, 2.45) is 5.92 Å². The smallest absolute Gasteiger partial charge is 0.123 e. The average Bonchev–Trinajstić information content (AvgIpc) is 2.80. The monoisotopic (exact) mass is 274 g/mol. The van der Waals surface area contributed by atoms with Gasteiger partial charge in [0.2, 0.25) is 0 Å². The number of nitrogens with one attached hydrogen (secondary N) is 1. The van der Waals surface area contributed by atoms with Crippen molar-refractivity contribution in [3.05, 3.63) is 29.8 Å². The molecule has 20 heavy (non-hydrogen) atoms. The summed E-state index contributed by atoms with van der Waals surface area (Å²) >= 11 is 0. The Balaban J connectivity index is 1.52. The molecule has 3 rings (SSSR count). The van der Waals surface area contributed by atoms with E-state index in [-0.39, 0.29) is 0 Å². The van der Waals surface area contributed by atoms with Crippen molar-refractivity contribution in [3.8, 4) is 5.75 Å². The minimum absolute atomic E-state index is 0.338. The molecule has 0 aliphatic carbocycles. The maximum atomic E-state index is 6.06. The molecule has 3 heteroatoms. The number of para-hydroxylation sites is 1. The molecule has 2 aliphatic heterocycles. The second kappa shape index (κ2) is 6.15. The Morgan fingerprint density at radius 1 is 1.35 bits per heavy atom. The molecule has 0 bridgehead atoms. The van der Waals surface area contributed by atoms with Crippen molar-refractivity contribution in [2.75, 3.05) is 26.2 Å². The van der Waals surface area contributed by atoms with Crippen LogP contribution in [0.2, 0.25) is 0 Å². The quantitative estimate of drug-likeness (QED) is 0.912. The van der Waals surface area contributed by atoms with Crippen LogP contribution in [0.4, 0.5) is 0 Å². The number of piperazine rings is 1. The molecule has 2 unspecified atom stereocenters. The zero-order chi connectivity index (χ0) is 13.9. The highest BCUT2D eigenvalue weighted by atomic mass is 16.5. The number of hydrogen-bond acceptors (Lipinski definition) is 3. The lowest BCUT2D eigenvalue weighted by Crippen LogP contribution is -2.53. The van der Waals surface area contributed by atoms with Crippen LogP contribution in [-0.2, 0) is 6.42 Å². The van der Waals surface area contributed by atoms with Crippen LogP contribution in [0.1, 0.15) is 25.8 Å². The summed E-state index contributed by atoms with van der Waals surface area (Å²) in [6, 6.07) is 9.09. The molecule has 2 atom stereocenters. The fourth-order valence-corrected chi connectivity index (χ4v) is 3.43. The van der Waals surface area contributed by atoms with Gasteiger partial charge < -0.3 is 10.1 Å². The van der Waals surface area contributed by atoms with E-state index in [0.29, 0.717) is 12.1 Å². The number of fused-ring (bicyclic) bond motifs is 1. The molecule has 0 saturated carbocycles. The van der Waals surface area contributed by atoms with E-state index >= 15 is 0 Å². The summed E-state index contributed by atoms with van der Waals surface area (Å²) in [5.41, 5.74) is 1.37. The van der Waals surface area contributed by atoms with Crippen molar-refractivity contribution in [1.82, 2.24) is 10.2 Å². The van der Waals surface area contributed by atoms with Gasteiger partial charge in [-0.25, -0.2) is 0 Å². The molecule has 0 spiro atoms. The van der Waals surface area contributed by atoms with E-state index in [9.17, 15) is 0 Å². The molecule has 3 nitrogen and oxygen atoms in total. The summed E-state index contributed by atoms with van der Waals surface area (Å²) in [6.07, 6.45) is 2.67. The maximum absolute atomic E-state index is 6.06. The van der Waals surface area contributed by atoms with Gasteiger partial charge in [-0.1, -0.05) is 32.0 Å². The van der Waals surface area contributed by atoms with Gasteiger partial charge in [0.1, 0.15) is 11.9 Å². The van der Waals surface area contributed by atoms with Crippen LogP contribution in [0.25, 0.3) is 0 Å². The molecule has 1 aromatic carbocycles. The van der Waals surface area contributed by atoms with E-state index in [2.05, 4.69) is 48.3 Å². The second-order valence-electron chi connectivity index (χ2n) is 6.59. The summed E-state index contributed by atoms with van der Waals surface area (Å²) < 4.78 is 6.06. The lowest BCUT2D eigenvalue weighted by molar-refractivity contribution is 0.119. The fourth-order valence-electron chi connectivity index (χ4n) is 3.43. The van der Waals surface area contributed by atoms with Crippen LogP contribution in [0.3, 0.4) is 0 Å². The first-order valence-electron chi connectivity index (χ1n) is 7.91. The highest BCUT2D eigenvalue weighted by molar-refractivity contribution is 5.37. The summed E-state index contributed by atoms with van der Waals surface area (Å²) in [5.74, 6) is 1.85. The molecule has 1 aromatic rings. The molecule has 2 aliphatic rings. The largest absolute Gasteiger partial charge is 0.488 e. The van der Waals surface area contributed by atoms with Gasteiger partial charge in [0.25, 0.3) is 0 Å². The van der Waals surface area contributed by atoms with Crippen LogP contribution in [-0.4, -0.2) is 43.2 Å². The minimum Gasteiger partial charge on any atom is -0.488 e. The van der Waals surface area contributed by atoms with Gasteiger partial charge in [0.05, 0.1) is 0 Å². The van der Waals surface area contributed by atoms with Crippen molar-refractivity contribution >= 4 is 0 Å². The van der Waals surface area contributed by atoms with Gasteiger partial charge in [0, 0.05) is 38.6 Å². The lowest BCUT2D eigenvalue weighted by atomic mass is 10.0. The number of ether oxygens (including phenoxy) is 1. The molecule has 0 aromatic heterocycles. The standard InChI is InChI=1S/C17H26N2O/c1-13(2)9-15-11-19(8-7-18-15)12-16-10-14-5-3-4-6-17(14)20-16/h3-6,13,15-16,18H,7-12H2,1-2H3. The predicted molar refractivity (Wildman–Crippen MR) is 82.2 cm³/mol. The van der Waals surface area contributed by atoms with Gasteiger partial charge in [-0.15, -0.1) is 0 Å². The first-order chi connectivity index (χ1) is 9.70. The minimum atomic E-state index is 0.338. The molecule has 1 saturated heterocycles. The van der Waals surface area contributed by atoms with Crippen LogP contribution in [0, 0.1) is 5.92 Å². The Bertz CT molecular complexity index is 421. The van der Waals surface area contributed by atoms with Gasteiger partial charge in [-0.3, -0.25) is 4.90 Å². The Morgan fingerprint density at radius 3 is 3.00 bits per heavy atom. The first-order valence-corrected chi connectivity index (χ1v) is 7.91. The van der Waals surface area contributed by atoms with E-state index in [0.717, 1.165) is 44.3 Å². The molecular weight excluding hydrogens is 248 g/mol. The van der Waals surface area contributed by atoms with E-state index in [4.69, 9.17) is 4.74 Å². The third kappa shape index (κ3) is 3.33. The number of hydrogen-bond donors (Lipinski definition) is 1. The lowest BCUT2D eigenvalue weighted by Gasteiger charge is -2.35. The molecule has 1 N–H and O–H groups in total. The Labute approximate surface area is 122 Å². The Hall–Kier alpha value is -1.06. The highest BCUT2D eigenvalue weighted by Crippen LogP contribution is 2.28. The number of rotatable bonds is 4. The zero-order valence-corrected chi connectivity index (χ0v) is 12.6. The molecule has 1 fully saturated rings. The normalized spacial score (nSPS) is 26.6. The van der Waals surface area contributed by atoms with Gasteiger partial charge >= 0.3 is 0 Å². The summed E-state index contributed by atoms with van der Waals surface area (Å²) in [7, 11) is 0. The molecule has 2 heterocycles. The first kappa shape index (κ1) is 13.9. The van der Waals surface area contributed by atoms with Crippen LogP contribution < -0.4 is 10.1 Å². The third-order valence-electron chi connectivity index (χ3n) is 4.27. The number of nitrogens with zero attached hydrogens (tertiary/aromatic N) is 1. The second-order valence-corrected chi connectivity index (χ2v) is 6.59. The molecule has 0 amide bonds. The van der Waals surface area contributed by atoms with Crippen molar-refractivity contribution in [2.45, 2.75) is 38.8 Å². The predicted octanol–water partition coefficient (Wildman–Crippen LogP) is 2.31. The van der Waals surface area contributed by atoms with Gasteiger partial charge in [-0.05, 0) is 24.0 Å². The molecule has 110 valence electrons. The summed E-state index contributed by atoms with van der Waals surface area (Å²) in [6.45, 7) is 9.08. The molecular formula is C17H26N2O. The highest BCUT2D eigenvalue weighted by Gasteiger charge is 2.27. The molecule has 0 radical (unpaired) electrons. The average molecular weight is 274 g/mol. The van der Waals surface area contributed by atoms with Crippen LogP contribution >= 0.6 is 0 Å². The van der Waals surface area contributed by atoms with E-state index in [1.165, 1.54) is 12.0 Å². The number of benzene rings is 1. The Kier molecular flexibility index (Phi) is 4.27. The van der Waals surface area contributed by atoms with E-state index < -0.39 is 0 Å². The maximum Gasteiger partial charge on any atom is 0.123 e. The topological polar surface area (TPSA) is 24.5 Å². The van der Waals surface area contributed by atoms with Crippen LogP contribution in [0.5, 0.6) is 5.75 Å². The summed E-state index contributed by atoms with van der Waals surface area (Å²) in [5, 5.41) is 3.64. The van der Waals surface area contributed by atoms with Crippen molar-refractivity contribution < 1.29 is 4.74 Å². The van der Waals surface area contributed by atoms with E-state index in [1.54, 1.807) is 0 Å². The SMILES string of the molecule is CC(C)CC1CN(CC2Cc3ccccc3O2)CCN1.